The third-order valence-electron chi connectivity index (χ3n) is 6.47. The molecular formula is C25H36F3N3O3S. The zero-order valence-corrected chi connectivity index (χ0v) is 21.2. The lowest BCUT2D eigenvalue weighted by molar-refractivity contribution is -0.137. The van der Waals surface area contributed by atoms with Gasteiger partial charge in [0, 0.05) is 25.2 Å². The number of nitrogens with zero attached hydrogens (tertiary/aromatic N) is 2. The van der Waals surface area contributed by atoms with Crippen molar-refractivity contribution in [2.45, 2.75) is 83.7 Å². The number of alkyl halides is 3. The van der Waals surface area contributed by atoms with Gasteiger partial charge in [-0.15, -0.1) is 0 Å². The Balaban J connectivity index is 1.70. The van der Waals surface area contributed by atoms with Crippen LogP contribution in [0, 0.1) is 17.2 Å². The summed E-state index contributed by atoms with van der Waals surface area (Å²) >= 11 is 0. The van der Waals surface area contributed by atoms with Gasteiger partial charge in [-0.2, -0.15) is 18.4 Å². The Kier molecular flexibility index (Phi) is 11.5. The summed E-state index contributed by atoms with van der Waals surface area (Å²) in [6.45, 7) is 3.15. The third kappa shape index (κ3) is 9.80. The Bertz CT molecular complexity index is 966. The predicted molar refractivity (Wildman–Crippen MR) is 130 cm³/mol. The van der Waals surface area contributed by atoms with Crippen LogP contribution in [-0.2, 0) is 21.0 Å². The number of rotatable bonds is 13. The van der Waals surface area contributed by atoms with Crippen LogP contribution in [0.2, 0.25) is 0 Å². The highest BCUT2D eigenvalue weighted by Gasteiger charge is 2.34. The van der Waals surface area contributed by atoms with E-state index in [4.69, 9.17) is 5.26 Å². The van der Waals surface area contributed by atoms with E-state index >= 15 is 0 Å². The van der Waals surface area contributed by atoms with Crippen LogP contribution in [-0.4, -0.2) is 37.5 Å². The second-order valence-electron chi connectivity index (χ2n) is 9.24. The zero-order chi connectivity index (χ0) is 25.9. The lowest BCUT2D eigenvalue weighted by Gasteiger charge is -2.31. The first-order valence-electron chi connectivity index (χ1n) is 12.5. The Morgan fingerprint density at radius 1 is 1.11 bits per heavy atom. The summed E-state index contributed by atoms with van der Waals surface area (Å²) in [4.78, 5) is 12.2. The fourth-order valence-corrected chi connectivity index (χ4v) is 5.99. The van der Waals surface area contributed by atoms with Gasteiger partial charge in [0.05, 0.1) is 22.9 Å². The van der Waals surface area contributed by atoms with Crippen LogP contribution in [0.4, 0.5) is 18.9 Å². The molecule has 10 heteroatoms. The minimum atomic E-state index is -4.68. The van der Waals surface area contributed by atoms with E-state index < -0.39 is 27.3 Å². The number of carbonyl (C=O) groups is 1. The number of carbonyl (C=O) groups excluding carboxylic acids is 1. The molecule has 0 spiro atoms. The van der Waals surface area contributed by atoms with Crippen molar-refractivity contribution in [2.75, 3.05) is 24.2 Å². The monoisotopic (exact) mass is 515 g/mol. The third-order valence-corrected chi connectivity index (χ3v) is 8.42. The number of amides is 1. The zero-order valence-electron chi connectivity index (χ0n) is 20.4. The van der Waals surface area contributed by atoms with Crippen molar-refractivity contribution in [1.29, 1.82) is 5.26 Å². The summed E-state index contributed by atoms with van der Waals surface area (Å²) in [5.74, 6) is 0.145. The molecule has 1 aromatic rings. The van der Waals surface area contributed by atoms with Crippen LogP contribution in [0.1, 0.15) is 88.7 Å². The van der Waals surface area contributed by atoms with E-state index in [-0.39, 0.29) is 23.8 Å². The second-order valence-corrected chi connectivity index (χ2v) is 11.3. The normalized spacial score (nSPS) is 15.6. The minimum Gasteiger partial charge on any atom is -0.326 e. The van der Waals surface area contributed by atoms with Gasteiger partial charge >= 0.3 is 6.18 Å². The smallest absolute Gasteiger partial charge is 0.326 e. The average Bonchev–Trinajstić information content (AvgIpc) is 2.81. The van der Waals surface area contributed by atoms with Gasteiger partial charge in [0.25, 0.3) is 0 Å². The maximum absolute atomic E-state index is 13.1. The number of hydrogen-bond donors (Lipinski definition) is 1. The number of anilines is 1. The molecule has 1 saturated heterocycles. The van der Waals surface area contributed by atoms with Gasteiger partial charge in [-0.1, -0.05) is 39.0 Å². The summed E-state index contributed by atoms with van der Waals surface area (Å²) in [5, 5.41) is 11.3. The fraction of sp³-hybridized carbons (Fsp3) is 0.680. The minimum absolute atomic E-state index is 0.00482. The molecule has 1 N–H and O–H groups in total. The van der Waals surface area contributed by atoms with Crippen LogP contribution in [0.3, 0.4) is 0 Å². The van der Waals surface area contributed by atoms with Crippen LogP contribution in [0.5, 0.6) is 0 Å². The molecule has 2 rings (SSSR count). The highest BCUT2D eigenvalue weighted by atomic mass is 32.2. The van der Waals surface area contributed by atoms with E-state index in [9.17, 15) is 26.4 Å². The molecule has 0 aromatic heterocycles. The van der Waals surface area contributed by atoms with E-state index in [2.05, 4.69) is 12.2 Å². The molecule has 1 amide bonds. The molecule has 0 unspecified atom stereocenters. The summed E-state index contributed by atoms with van der Waals surface area (Å²) in [6, 6.07) is 4.62. The van der Waals surface area contributed by atoms with Crippen molar-refractivity contribution in [2.24, 2.45) is 5.92 Å². The Morgan fingerprint density at radius 3 is 2.40 bits per heavy atom. The van der Waals surface area contributed by atoms with Gasteiger partial charge in [0.1, 0.15) is 0 Å². The van der Waals surface area contributed by atoms with Crippen molar-refractivity contribution >= 4 is 21.6 Å². The van der Waals surface area contributed by atoms with Gasteiger partial charge in [0.2, 0.25) is 15.9 Å². The van der Waals surface area contributed by atoms with Crippen molar-refractivity contribution in [1.82, 2.24) is 4.31 Å². The molecule has 0 radical (unpaired) electrons. The molecule has 0 bridgehead atoms. The average molecular weight is 516 g/mol. The summed E-state index contributed by atoms with van der Waals surface area (Å²) in [7, 11) is -3.22. The van der Waals surface area contributed by atoms with Gasteiger partial charge in [-0.05, 0) is 56.2 Å². The number of halogens is 3. The highest BCUT2D eigenvalue weighted by molar-refractivity contribution is 7.89. The Morgan fingerprint density at radius 2 is 1.77 bits per heavy atom. The lowest BCUT2D eigenvalue weighted by Crippen LogP contribution is -2.39. The SMILES string of the molecule is CCCCCCCCS(=O)(=O)N1CCC(CCCC(=O)Nc2ccc(C#N)c(C(F)(F)F)c2)CC1. The maximum Gasteiger partial charge on any atom is 0.417 e. The second kappa shape index (κ2) is 13.8. The van der Waals surface area contributed by atoms with Gasteiger partial charge in [-0.25, -0.2) is 12.7 Å². The largest absolute Gasteiger partial charge is 0.417 e. The number of hydrogen-bond acceptors (Lipinski definition) is 4. The van der Waals surface area contributed by atoms with E-state index in [0.29, 0.717) is 31.8 Å². The quantitative estimate of drug-likeness (QED) is 0.322. The first-order valence-corrected chi connectivity index (χ1v) is 14.1. The molecule has 196 valence electrons. The molecule has 1 aliphatic heterocycles. The van der Waals surface area contributed by atoms with Crippen LogP contribution in [0.15, 0.2) is 18.2 Å². The van der Waals surface area contributed by atoms with Gasteiger partial charge in [-0.3, -0.25) is 4.79 Å². The first kappa shape index (κ1) is 29.1. The maximum atomic E-state index is 13.1. The number of nitrogens with one attached hydrogen (secondary N) is 1. The number of piperidine rings is 1. The first-order chi connectivity index (χ1) is 16.6. The van der Waals surface area contributed by atoms with Crippen molar-refractivity contribution in [3.05, 3.63) is 29.3 Å². The number of benzene rings is 1. The predicted octanol–water partition coefficient (Wildman–Crippen LogP) is 6.09. The van der Waals surface area contributed by atoms with E-state index in [0.717, 1.165) is 57.1 Å². The van der Waals surface area contributed by atoms with Crippen molar-refractivity contribution in [3.63, 3.8) is 0 Å². The van der Waals surface area contributed by atoms with Gasteiger partial charge < -0.3 is 5.32 Å². The number of sulfonamides is 1. The summed E-state index contributed by atoms with van der Waals surface area (Å²) in [5.41, 5.74) is -1.56. The van der Waals surface area contributed by atoms with Crippen LogP contribution in [0.25, 0.3) is 0 Å². The van der Waals surface area contributed by atoms with E-state index in [1.54, 1.807) is 4.31 Å². The highest BCUT2D eigenvalue weighted by Crippen LogP contribution is 2.33. The molecule has 35 heavy (non-hydrogen) atoms. The molecule has 1 fully saturated rings. The molecule has 6 nitrogen and oxygen atoms in total. The van der Waals surface area contributed by atoms with E-state index in [1.165, 1.54) is 18.6 Å². The standard InChI is InChI=1S/C25H36F3N3O3S/c1-2-3-4-5-6-7-17-35(33,34)31-15-13-20(14-16-31)9-8-10-24(32)30-22-12-11-21(19-29)23(18-22)25(26,27)28/h11-12,18,20H,2-10,13-17H2,1H3,(H,30,32). The number of nitriles is 1. The fourth-order valence-electron chi connectivity index (χ4n) is 4.40. The topological polar surface area (TPSA) is 90.3 Å². The number of unbranched alkanes of at least 4 members (excludes halogenated alkanes) is 5. The summed E-state index contributed by atoms with van der Waals surface area (Å²) < 4.78 is 66.0. The van der Waals surface area contributed by atoms with Crippen LogP contribution >= 0.6 is 0 Å². The van der Waals surface area contributed by atoms with Gasteiger partial charge in [0.15, 0.2) is 0 Å². The molecule has 1 aliphatic rings. The van der Waals surface area contributed by atoms with E-state index in [1.807, 2.05) is 0 Å². The Labute approximate surface area is 206 Å². The molecule has 1 heterocycles. The molecule has 0 atom stereocenters. The molecule has 0 aliphatic carbocycles. The molecular weight excluding hydrogens is 479 g/mol. The lowest BCUT2D eigenvalue weighted by atomic mass is 9.92. The van der Waals surface area contributed by atoms with Crippen LogP contribution < -0.4 is 5.32 Å². The van der Waals surface area contributed by atoms with Crippen molar-refractivity contribution in [3.8, 4) is 6.07 Å². The molecule has 0 saturated carbocycles. The Hall–Kier alpha value is -2.12. The summed E-state index contributed by atoms with van der Waals surface area (Å²) in [6.07, 6.45) is 4.56. The molecule has 1 aromatic carbocycles. The van der Waals surface area contributed by atoms with Crippen molar-refractivity contribution < 1.29 is 26.4 Å².